The summed E-state index contributed by atoms with van der Waals surface area (Å²) < 4.78 is 5.05. The smallest absolute Gasteiger partial charge is 0.307 e. The van der Waals surface area contributed by atoms with Gasteiger partial charge in [0.1, 0.15) is 5.60 Å². The van der Waals surface area contributed by atoms with E-state index >= 15 is 0 Å². The molecule has 0 radical (unpaired) electrons. The minimum absolute atomic E-state index is 0.0238. The largest absolute Gasteiger partial charge is 0.481 e. The van der Waals surface area contributed by atoms with E-state index in [0.29, 0.717) is 0 Å². The predicted octanol–water partition coefficient (Wildman–Crippen LogP) is 0.910. The molecule has 3 N–H and O–H groups in total. The summed E-state index contributed by atoms with van der Waals surface area (Å²) in [5, 5.41) is 8.41. The molecule has 0 aromatic heterocycles. The molecular weight excluding hydrogens is 198 g/mol. The van der Waals surface area contributed by atoms with Gasteiger partial charge in [-0.2, -0.15) is 0 Å². The fourth-order valence-corrected chi connectivity index (χ4v) is 1.01. The lowest BCUT2D eigenvalue weighted by Gasteiger charge is -2.20. The minimum Gasteiger partial charge on any atom is -0.481 e. The second-order valence-corrected chi connectivity index (χ2v) is 4.48. The third-order valence-corrected chi connectivity index (χ3v) is 1.58. The summed E-state index contributed by atoms with van der Waals surface area (Å²) in [6.45, 7) is 5.31. The molecule has 5 nitrogen and oxygen atoms in total. The summed E-state index contributed by atoms with van der Waals surface area (Å²) in [5.41, 5.74) is 5.05. The van der Waals surface area contributed by atoms with Gasteiger partial charge in [-0.15, -0.1) is 0 Å². The Balaban J connectivity index is 3.81. The Labute approximate surface area is 89.6 Å². The molecule has 0 amide bonds. The van der Waals surface area contributed by atoms with Crippen LogP contribution in [0.3, 0.4) is 0 Å². The highest BCUT2D eigenvalue weighted by atomic mass is 16.6. The van der Waals surface area contributed by atoms with E-state index < -0.39 is 17.6 Å². The summed E-state index contributed by atoms with van der Waals surface area (Å²) in [7, 11) is 0. The number of ether oxygens (including phenoxy) is 1. The predicted molar refractivity (Wildman–Crippen MR) is 55.3 cm³/mol. The molecule has 1 unspecified atom stereocenters. The van der Waals surface area contributed by atoms with E-state index in [1.165, 1.54) is 0 Å². The molecule has 0 aromatic rings. The van der Waals surface area contributed by atoms with E-state index in [1.54, 1.807) is 20.8 Å². The van der Waals surface area contributed by atoms with Crippen LogP contribution in [0.2, 0.25) is 0 Å². The fourth-order valence-electron chi connectivity index (χ4n) is 1.01. The molecule has 0 aromatic carbocycles. The van der Waals surface area contributed by atoms with Crippen LogP contribution in [-0.4, -0.2) is 28.7 Å². The summed E-state index contributed by atoms with van der Waals surface area (Å²) in [6, 6.07) is -0.448. The number of carboxylic acid groups (broad SMARTS) is 1. The van der Waals surface area contributed by atoms with Gasteiger partial charge >= 0.3 is 11.9 Å². The zero-order chi connectivity index (χ0) is 12.1. The Morgan fingerprint density at radius 1 is 1.40 bits per heavy atom. The van der Waals surface area contributed by atoms with Crippen molar-refractivity contribution in [3.05, 3.63) is 0 Å². The molecule has 0 bridgehead atoms. The van der Waals surface area contributed by atoms with Crippen LogP contribution in [-0.2, 0) is 14.3 Å². The summed E-state index contributed by atoms with van der Waals surface area (Å²) >= 11 is 0. The Morgan fingerprint density at radius 2 is 1.93 bits per heavy atom. The van der Waals surface area contributed by atoms with E-state index in [-0.39, 0.29) is 25.2 Å². The first-order valence-electron chi connectivity index (χ1n) is 4.90. The first kappa shape index (κ1) is 13.9. The molecule has 0 aliphatic carbocycles. The van der Waals surface area contributed by atoms with Gasteiger partial charge in [0.15, 0.2) is 0 Å². The van der Waals surface area contributed by atoms with Crippen LogP contribution in [0.15, 0.2) is 0 Å². The van der Waals surface area contributed by atoms with Gasteiger partial charge in [0.2, 0.25) is 0 Å². The van der Waals surface area contributed by atoms with Crippen molar-refractivity contribution in [1.29, 1.82) is 0 Å². The molecule has 0 saturated heterocycles. The van der Waals surface area contributed by atoms with Crippen molar-refractivity contribution in [3.8, 4) is 0 Å². The first-order valence-corrected chi connectivity index (χ1v) is 4.90. The molecule has 1 atom stereocenters. The topological polar surface area (TPSA) is 89.6 Å². The monoisotopic (exact) mass is 217 g/mol. The Bertz CT molecular complexity index is 232. The molecule has 0 rings (SSSR count). The first-order chi connectivity index (χ1) is 6.70. The number of hydrogen-bond donors (Lipinski definition) is 2. The second-order valence-electron chi connectivity index (χ2n) is 4.48. The Hall–Kier alpha value is -1.10. The molecule has 0 heterocycles. The van der Waals surface area contributed by atoms with E-state index in [2.05, 4.69) is 0 Å². The standard InChI is InChI=1S/C10H19NO4/c1-10(2,3)15-9(14)6-7(11)4-5-8(12)13/h7H,4-6,11H2,1-3H3,(H,12,13). The van der Waals surface area contributed by atoms with Gasteiger partial charge in [0.05, 0.1) is 6.42 Å². The van der Waals surface area contributed by atoms with Gasteiger partial charge in [-0.1, -0.05) is 0 Å². The quantitative estimate of drug-likeness (QED) is 0.668. The molecule has 0 aliphatic rings. The van der Waals surface area contributed by atoms with Crippen LogP contribution >= 0.6 is 0 Å². The number of carbonyl (C=O) groups is 2. The molecule has 5 heteroatoms. The number of rotatable bonds is 5. The van der Waals surface area contributed by atoms with Gasteiger partial charge in [0.25, 0.3) is 0 Å². The molecule has 0 aliphatic heterocycles. The number of carboxylic acids is 1. The molecule has 88 valence electrons. The number of carbonyl (C=O) groups excluding carboxylic acids is 1. The van der Waals surface area contributed by atoms with Crippen molar-refractivity contribution < 1.29 is 19.4 Å². The van der Waals surface area contributed by atoms with Crippen LogP contribution < -0.4 is 5.73 Å². The van der Waals surface area contributed by atoms with Gasteiger partial charge in [-0.25, -0.2) is 0 Å². The van der Waals surface area contributed by atoms with E-state index in [9.17, 15) is 9.59 Å². The average Bonchev–Trinajstić information content (AvgIpc) is 1.96. The second kappa shape index (κ2) is 5.70. The van der Waals surface area contributed by atoms with Gasteiger partial charge in [-0.05, 0) is 27.2 Å². The molecular formula is C10H19NO4. The van der Waals surface area contributed by atoms with Gasteiger partial charge in [-0.3, -0.25) is 9.59 Å². The Kier molecular flexibility index (Phi) is 5.28. The maximum absolute atomic E-state index is 11.3. The third-order valence-electron chi connectivity index (χ3n) is 1.58. The van der Waals surface area contributed by atoms with Crippen LogP contribution in [0, 0.1) is 0 Å². The van der Waals surface area contributed by atoms with Crippen LogP contribution in [0.4, 0.5) is 0 Å². The van der Waals surface area contributed by atoms with Crippen LogP contribution in [0.5, 0.6) is 0 Å². The highest BCUT2D eigenvalue weighted by Gasteiger charge is 2.18. The number of esters is 1. The maximum atomic E-state index is 11.3. The zero-order valence-electron chi connectivity index (χ0n) is 9.45. The van der Waals surface area contributed by atoms with Crippen molar-refractivity contribution in [3.63, 3.8) is 0 Å². The lowest BCUT2D eigenvalue weighted by atomic mass is 10.1. The lowest BCUT2D eigenvalue weighted by Crippen LogP contribution is -2.30. The van der Waals surface area contributed by atoms with E-state index in [1.807, 2.05) is 0 Å². The van der Waals surface area contributed by atoms with Crippen molar-refractivity contribution in [2.45, 2.75) is 51.7 Å². The van der Waals surface area contributed by atoms with Crippen molar-refractivity contribution in [1.82, 2.24) is 0 Å². The van der Waals surface area contributed by atoms with Gasteiger partial charge in [0, 0.05) is 12.5 Å². The van der Waals surface area contributed by atoms with Crippen molar-refractivity contribution in [2.75, 3.05) is 0 Å². The van der Waals surface area contributed by atoms with E-state index in [0.717, 1.165) is 0 Å². The van der Waals surface area contributed by atoms with E-state index in [4.69, 9.17) is 15.6 Å². The number of hydrogen-bond acceptors (Lipinski definition) is 4. The summed E-state index contributed by atoms with van der Waals surface area (Å²) in [4.78, 5) is 21.5. The molecule has 0 spiro atoms. The highest BCUT2D eigenvalue weighted by molar-refractivity contribution is 5.71. The normalized spacial score (nSPS) is 13.3. The third kappa shape index (κ3) is 9.21. The van der Waals surface area contributed by atoms with Crippen LogP contribution in [0.25, 0.3) is 0 Å². The molecule has 0 saturated carbocycles. The van der Waals surface area contributed by atoms with Crippen molar-refractivity contribution in [2.24, 2.45) is 5.73 Å². The lowest BCUT2D eigenvalue weighted by molar-refractivity contribution is -0.155. The highest BCUT2D eigenvalue weighted by Crippen LogP contribution is 2.10. The Morgan fingerprint density at radius 3 is 2.33 bits per heavy atom. The van der Waals surface area contributed by atoms with Crippen molar-refractivity contribution >= 4 is 11.9 Å². The average molecular weight is 217 g/mol. The number of nitrogens with two attached hydrogens (primary N) is 1. The zero-order valence-corrected chi connectivity index (χ0v) is 9.45. The SMILES string of the molecule is CC(C)(C)OC(=O)CC(N)CCC(=O)O. The summed E-state index contributed by atoms with van der Waals surface area (Å²) in [6.07, 6.45) is 0.323. The maximum Gasteiger partial charge on any atom is 0.307 e. The molecule has 15 heavy (non-hydrogen) atoms. The fraction of sp³-hybridized carbons (Fsp3) is 0.800. The van der Waals surface area contributed by atoms with Crippen LogP contribution in [0.1, 0.15) is 40.0 Å². The number of aliphatic carboxylic acids is 1. The minimum atomic E-state index is -0.908. The summed E-state index contributed by atoms with van der Waals surface area (Å²) in [5.74, 6) is -1.30. The molecule has 0 fully saturated rings. The van der Waals surface area contributed by atoms with Gasteiger partial charge < -0.3 is 15.6 Å².